The van der Waals surface area contributed by atoms with E-state index < -0.39 is 49.0 Å². The Morgan fingerprint density at radius 3 is 2.05 bits per heavy atom. The summed E-state index contributed by atoms with van der Waals surface area (Å²) in [7, 11) is 0. The zero-order valence-electron chi connectivity index (χ0n) is 8.79. The van der Waals surface area contributed by atoms with Gasteiger partial charge in [0.1, 0.15) is 0 Å². The summed E-state index contributed by atoms with van der Waals surface area (Å²) in [5, 5.41) is 8.84. The van der Waals surface area contributed by atoms with Crippen molar-refractivity contribution in [3.8, 4) is 0 Å². The summed E-state index contributed by atoms with van der Waals surface area (Å²) >= 11 is 0. The molecule has 19 heavy (non-hydrogen) atoms. The quantitative estimate of drug-likeness (QED) is 0.600. The lowest BCUT2D eigenvalue weighted by atomic mass is 10.2. The predicted molar refractivity (Wildman–Crippen MR) is 42.5 cm³/mol. The zero-order valence-corrected chi connectivity index (χ0v) is 8.79. The minimum absolute atomic E-state index is 0.764. The Bertz CT molecular complexity index is 361. The first-order valence-electron chi connectivity index (χ1n) is 4.65. The second kappa shape index (κ2) is 4.87. The molecule has 1 heterocycles. The largest absolute Gasteiger partial charge is 0.448 e. The summed E-state index contributed by atoms with van der Waals surface area (Å²) < 4.78 is 79.7. The van der Waals surface area contributed by atoms with Gasteiger partial charge >= 0.3 is 24.3 Å². The highest BCUT2D eigenvalue weighted by Gasteiger charge is 2.60. The van der Waals surface area contributed by atoms with Gasteiger partial charge in [-0.05, 0) is 0 Å². The van der Waals surface area contributed by atoms with E-state index in [4.69, 9.17) is 5.11 Å². The number of ether oxygens (including phenoxy) is 2. The topological polar surface area (TPSA) is 72.8 Å². The standard InChI is InChI=1S/C8H6F6O5/c9-7(10,11)6(8(12,13)14)19-5(17)3-1-2(15)4(16)18-3/h2-3,6,15H,1H2. The average molecular weight is 296 g/mol. The second-order valence-corrected chi connectivity index (χ2v) is 3.58. The van der Waals surface area contributed by atoms with Crippen LogP contribution in [0.3, 0.4) is 0 Å². The van der Waals surface area contributed by atoms with Gasteiger partial charge in [0, 0.05) is 6.42 Å². The summed E-state index contributed by atoms with van der Waals surface area (Å²) in [6.07, 6.45) is -20.6. The van der Waals surface area contributed by atoms with Crippen LogP contribution in [0.15, 0.2) is 0 Å². The van der Waals surface area contributed by atoms with Crippen LogP contribution in [-0.4, -0.2) is 47.7 Å². The maximum atomic E-state index is 12.1. The summed E-state index contributed by atoms with van der Waals surface area (Å²) in [6.45, 7) is 0. The van der Waals surface area contributed by atoms with Crippen molar-refractivity contribution in [1.82, 2.24) is 0 Å². The highest BCUT2D eigenvalue weighted by atomic mass is 19.4. The average Bonchev–Trinajstić information content (AvgIpc) is 2.52. The Morgan fingerprint density at radius 1 is 1.26 bits per heavy atom. The molecule has 0 amide bonds. The van der Waals surface area contributed by atoms with Gasteiger partial charge in [-0.25, -0.2) is 9.59 Å². The number of halogens is 6. The molecule has 1 rings (SSSR count). The molecule has 2 atom stereocenters. The maximum absolute atomic E-state index is 12.1. The number of cyclic esters (lactones) is 1. The highest BCUT2D eigenvalue weighted by molar-refractivity contribution is 5.85. The Kier molecular flexibility index (Phi) is 3.98. The number of aliphatic hydroxyl groups excluding tert-OH is 1. The maximum Gasteiger partial charge on any atom is 0.434 e. The molecule has 0 saturated carbocycles. The minimum Gasteiger partial charge on any atom is -0.448 e. The predicted octanol–water partition coefficient (Wildman–Crippen LogP) is 0.699. The number of carbonyl (C=O) groups is 2. The fourth-order valence-electron chi connectivity index (χ4n) is 1.22. The van der Waals surface area contributed by atoms with Gasteiger partial charge in [0.15, 0.2) is 6.10 Å². The molecule has 2 unspecified atom stereocenters. The molecule has 1 N–H and O–H groups in total. The molecule has 0 aromatic heterocycles. The fraction of sp³-hybridized carbons (Fsp3) is 0.750. The molecule has 1 aliphatic heterocycles. The van der Waals surface area contributed by atoms with E-state index in [1.807, 2.05) is 0 Å². The molecule has 0 aromatic carbocycles. The smallest absolute Gasteiger partial charge is 0.434 e. The van der Waals surface area contributed by atoms with Gasteiger partial charge < -0.3 is 14.6 Å². The van der Waals surface area contributed by atoms with Gasteiger partial charge in [0.05, 0.1) is 0 Å². The van der Waals surface area contributed by atoms with E-state index in [-0.39, 0.29) is 0 Å². The van der Waals surface area contributed by atoms with Gasteiger partial charge in [-0.15, -0.1) is 0 Å². The molecular weight excluding hydrogens is 290 g/mol. The molecule has 11 heteroatoms. The van der Waals surface area contributed by atoms with E-state index in [1.165, 1.54) is 0 Å². The van der Waals surface area contributed by atoms with Crippen LogP contribution in [0.5, 0.6) is 0 Å². The lowest BCUT2D eigenvalue weighted by Crippen LogP contribution is -2.47. The first-order chi connectivity index (χ1) is 8.43. The van der Waals surface area contributed by atoms with Gasteiger partial charge in [-0.3, -0.25) is 0 Å². The van der Waals surface area contributed by atoms with E-state index >= 15 is 0 Å². The molecule has 0 aliphatic carbocycles. The van der Waals surface area contributed by atoms with E-state index in [1.54, 1.807) is 0 Å². The first-order valence-corrected chi connectivity index (χ1v) is 4.65. The normalized spacial score (nSPS) is 24.5. The Balaban J connectivity index is 2.76. The molecule has 5 nitrogen and oxygen atoms in total. The number of hydrogen-bond acceptors (Lipinski definition) is 5. The van der Waals surface area contributed by atoms with E-state index in [9.17, 15) is 35.9 Å². The summed E-state index contributed by atoms with van der Waals surface area (Å²) in [4.78, 5) is 21.7. The van der Waals surface area contributed by atoms with Crippen molar-refractivity contribution in [3.05, 3.63) is 0 Å². The van der Waals surface area contributed by atoms with Crippen LogP contribution in [0.4, 0.5) is 26.3 Å². The number of rotatable bonds is 2. The van der Waals surface area contributed by atoms with Crippen molar-refractivity contribution in [2.24, 2.45) is 0 Å². The van der Waals surface area contributed by atoms with Crippen LogP contribution in [-0.2, 0) is 19.1 Å². The van der Waals surface area contributed by atoms with Gasteiger partial charge in [-0.2, -0.15) is 26.3 Å². The van der Waals surface area contributed by atoms with Gasteiger partial charge in [0.25, 0.3) is 6.10 Å². The van der Waals surface area contributed by atoms with Crippen LogP contribution in [0, 0.1) is 0 Å². The first kappa shape index (κ1) is 15.5. The number of carbonyl (C=O) groups excluding carboxylic acids is 2. The van der Waals surface area contributed by atoms with E-state index in [2.05, 4.69) is 9.47 Å². The number of esters is 2. The van der Waals surface area contributed by atoms with Crippen LogP contribution >= 0.6 is 0 Å². The van der Waals surface area contributed by atoms with Crippen LogP contribution < -0.4 is 0 Å². The van der Waals surface area contributed by atoms with Crippen LogP contribution in [0.25, 0.3) is 0 Å². The van der Waals surface area contributed by atoms with Gasteiger partial charge in [-0.1, -0.05) is 0 Å². The lowest BCUT2D eigenvalue weighted by Gasteiger charge is -2.23. The molecule has 0 bridgehead atoms. The molecule has 1 aliphatic rings. The van der Waals surface area contributed by atoms with E-state index in [0.29, 0.717) is 0 Å². The third-order valence-electron chi connectivity index (χ3n) is 2.06. The third-order valence-corrected chi connectivity index (χ3v) is 2.06. The molecule has 1 saturated heterocycles. The van der Waals surface area contributed by atoms with Crippen molar-refractivity contribution < 1.29 is 50.5 Å². The van der Waals surface area contributed by atoms with Crippen molar-refractivity contribution in [2.75, 3.05) is 0 Å². The molecular formula is C8H6F6O5. The van der Waals surface area contributed by atoms with Crippen molar-refractivity contribution >= 4 is 11.9 Å². The summed E-state index contributed by atoms with van der Waals surface area (Å²) in [5.74, 6) is -3.35. The highest BCUT2D eigenvalue weighted by Crippen LogP contribution is 2.36. The monoisotopic (exact) mass is 296 g/mol. The Morgan fingerprint density at radius 2 is 1.74 bits per heavy atom. The zero-order chi connectivity index (χ0) is 15.0. The number of alkyl halides is 6. The number of hydrogen-bond donors (Lipinski definition) is 1. The molecule has 0 spiro atoms. The molecule has 0 aromatic rings. The van der Waals surface area contributed by atoms with Crippen LogP contribution in [0.2, 0.25) is 0 Å². The van der Waals surface area contributed by atoms with Gasteiger partial charge in [0.2, 0.25) is 6.10 Å². The van der Waals surface area contributed by atoms with Crippen molar-refractivity contribution in [2.45, 2.75) is 37.1 Å². The van der Waals surface area contributed by atoms with Crippen molar-refractivity contribution in [1.29, 1.82) is 0 Å². The fourth-order valence-corrected chi connectivity index (χ4v) is 1.22. The Hall–Kier alpha value is -1.52. The molecule has 110 valence electrons. The summed E-state index contributed by atoms with van der Waals surface area (Å²) in [6, 6.07) is 0. The molecule has 1 fully saturated rings. The number of aliphatic hydroxyl groups is 1. The van der Waals surface area contributed by atoms with Crippen LogP contribution in [0.1, 0.15) is 6.42 Å². The van der Waals surface area contributed by atoms with E-state index in [0.717, 1.165) is 0 Å². The SMILES string of the molecule is O=C1OC(C(=O)OC(C(F)(F)F)C(F)(F)F)CC1O. The summed E-state index contributed by atoms with van der Waals surface area (Å²) in [5.41, 5.74) is 0. The second-order valence-electron chi connectivity index (χ2n) is 3.58. The Labute approximate surface area is 101 Å². The molecule has 0 radical (unpaired) electrons. The third kappa shape index (κ3) is 3.72. The minimum atomic E-state index is -5.85. The van der Waals surface area contributed by atoms with Crippen molar-refractivity contribution in [3.63, 3.8) is 0 Å². The lowest BCUT2D eigenvalue weighted by molar-refractivity contribution is -0.314.